The molecule has 0 atom stereocenters. The standard InChI is InChI=1S/C8H15O3P/c1-4-7-10-12(9,6-3)11-8-5-2/h4-5H,1-2,6-8H2,3H3. The van der Waals surface area contributed by atoms with E-state index < -0.39 is 7.60 Å². The van der Waals surface area contributed by atoms with E-state index in [0.717, 1.165) is 0 Å². The Balaban J connectivity index is 3.94. The van der Waals surface area contributed by atoms with Crippen LogP contribution in [0.3, 0.4) is 0 Å². The molecule has 0 N–H and O–H groups in total. The van der Waals surface area contributed by atoms with Crippen LogP contribution in [0.15, 0.2) is 25.3 Å². The van der Waals surface area contributed by atoms with Crippen LogP contribution in [0.1, 0.15) is 6.92 Å². The molecule has 0 spiro atoms. The molecular formula is C8H15O3P. The van der Waals surface area contributed by atoms with Crippen molar-refractivity contribution >= 4 is 7.60 Å². The van der Waals surface area contributed by atoms with E-state index in [1.165, 1.54) is 0 Å². The largest absolute Gasteiger partial charge is 0.331 e. The molecule has 70 valence electrons. The number of hydrogen-bond acceptors (Lipinski definition) is 3. The van der Waals surface area contributed by atoms with Crippen molar-refractivity contribution in [1.82, 2.24) is 0 Å². The van der Waals surface area contributed by atoms with Gasteiger partial charge in [-0.2, -0.15) is 0 Å². The van der Waals surface area contributed by atoms with Crippen LogP contribution < -0.4 is 0 Å². The van der Waals surface area contributed by atoms with Gasteiger partial charge in [0.1, 0.15) is 0 Å². The van der Waals surface area contributed by atoms with E-state index in [1.807, 2.05) is 0 Å². The highest BCUT2D eigenvalue weighted by Gasteiger charge is 2.19. The zero-order valence-electron chi connectivity index (χ0n) is 7.36. The summed E-state index contributed by atoms with van der Waals surface area (Å²) in [5.74, 6) is 0. The van der Waals surface area contributed by atoms with Crippen LogP contribution >= 0.6 is 7.60 Å². The van der Waals surface area contributed by atoms with Crippen LogP contribution in [0, 0.1) is 0 Å². The van der Waals surface area contributed by atoms with Crippen molar-refractivity contribution in [3.05, 3.63) is 25.3 Å². The molecule has 0 radical (unpaired) electrons. The summed E-state index contributed by atoms with van der Waals surface area (Å²) in [6.45, 7) is 9.17. The maximum atomic E-state index is 11.6. The average Bonchev–Trinajstić information content (AvgIpc) is 2.11. The van der Waals surface area contributed by atoms with Gasteiger partial charge < -0.3 is 9.05 Å². The molecule has 0 saturated heterocycles. The second kappa shape index (κ2) is 6.18. The smallest absolute Gasteiger partial charge is 0.304 e. The van der Waals surface area contributed by atoms with E-state index in [4.69, 9.17) is 9.05 Å². The van der Waals surface area contributed by atoms with E-state index >= 15 is 0 Å². The Kier molecular flexibility index (Phi) is 5.99. The number of rotatable bonds is 7. The molecule has 0 rings (SSSR count). The number of hydrogen-bond donors (Lipinski definition) is 0. The molecule has 0 aromatic heterocycles. The summed E-state index contributed by atoms with van der Waals surface area (Å²) < 4.78 is 21.6. The second-order valence-corrected chi connectivity index (χ2v) is 4.47. The molecule has 0 fully saturated rings. The molecule has 4 heteroatoms. The van der Waals surface area contributed by atoms with Gasteiger partial charge in [-0.3, -0.25) is 4.57 Å². The van der Waals surface area contributed by atoms with Crippen molar-refractivity contribution in [3.8, 4) is 0 Å². The van der Waals surface area contributed by atoms with Gasteiger partial charge in [-0.15, -0.1) is 13.2 Å². The third kappa shape index (κ3) is 4.50. The van der Waals surface area contributed by atoms with Crippen molar-refractivity contribution in [2.24, 2.45) is 0 Å². The van der Waals surface area contributed by atoms with Crippen molar-refractivity contribution < 1.29 is 13.6 Å². The lowest BCUT2D eigenvalue weighted by Crippen LogP contribution is -1.98. The first-order valence-corrected chi connectivity index (χ1v) is 5.51. The molecule has 0 aliphatic carbocycles. The Morgan fingerprint density at radius 1 is 1.25 bits per heavy atom. The van der Waals surface area contributed by atoms with Crippen molar-refractivity contribution in [1.29, 1.82) is 0 Å². The Labute approximate surface area is 73.6 Å². The van der Waals surface area contributed by atoms with Crippen LogP contribution in [-0.4, -0.2) is 19.4 Å². The maximum absolute atomic E-state index is 11.6. The quantitative estimate of drug-likeness (QED) is 0.457. The fourth-order valence-corrected chi connectivity index (χ4v) is 1.66. The predicted octanol–water partition coefficient (Wildman–Crippen LogP) is 2.60. The van der Waals surface area contributed by atoms with E-state index in [2.05, 4.69) is 13.2 Å². The lowest BCUT2D eigenvalue weighted by Gasteiger charge is -2.14. The van der Waals surface area contributed by atoms with Gasteiger partial charge in [0.15, 0.2) is 0 Å². The van der Waals surface area contributed by atoms with E-state index in [0.29, 0.717) is 6.16 Å². The zero-order valence-corrected chi connectivity index (χ0v) is 8.26. The van der Waals surface area contributed by atoms with E-state index in [9.17, 15) is 4.57 Å². The molecule has 0 aliphatic rings. The van der Waals surface area contributed by atoms with Gasteiger partial charge in [-0.1, -0.05) is 19.1 Å². The monoisotopic (exact) mass is 190 g/mol. The lowest BCUT2D eigenvalue weighted by molar-refractivity contribution is 0.238. The summed E-state index contributed by atoms with van der Waals surface area (Å²) in [4.78, 5) is 0. The normalized spacial score (nSPS) is 11.1. The molecule has 0 aromatic carbocycles. The van der Waals surface area contributed by atoms with Crippen LogP contribution in [0.4, 0.5) is 0 Å². The maximum Gasteiger partial charge on any atom is 0.331 e. The lowest BCUT2D eigenvalue weighted by atomic mass is 10.7. The summed E-state index contributed by atoms with van der Waals surface area (Å²) in [7, 11) is -2.88. The zero-order chi connectivity index (χ0) is 9.45. The molecule has 3 nitrogen and oxygen atoms in total. The molecule has 0 heterocycles. The molecule has 0 saturated carbocycles. The Morgan fingerprint density at radius 2 is 1.67 bits per heavy atom. The van der Waals surface area contributed by atoms with Gasteiger partial charge in [0, 0.05) is 6.16 Å². The van der Waals surface area contributed by atoms with Crippen molar-refractivity contribution in [2.75, 3.05) is 19.4 Å². The first-order valence-electron chi connectivity index (χ1n) is 3.78. The molecule has 12 heavy (non-hydrogen) atoms. The van der Waals surface area contributed by atoms with Gasteiger partial charge in [0.25, 0.3) is 0 Å². The fourth-order valence-electron chi connectivity index (χ4n) is 0.552. The molecule has 0 bridgehead atoms. The van der Waals surface area contributed by atoms with Gasteiger partial charge in [0.05, 0.1) is 13.2 Å². The minimum absolute atomic E-state index is 0.252. The summed E-state index contributed by atoms with van der Waals surface area (Å²) in [5.41, 5.74) is 0. The minimum atomic E-state index is -2.88. The molecule has 0 unspecified atom stereocenters. The second-order valence-electron chi connectivity index (χ2n) is 2.10. The van der Waals surface area contributed by atoms with Crippen molar-refractivity contribution in [3.63, 3.8) is 0 Å². The van der Waals surface area contributed by atoms with Crippen LogP contribution in [-0.2, 0) is 13.6 Å². The topological polar surface area (TPSA) is 35.5 Å². The highest BCUT2D eigenvalue weighted by Crippen LogP contribution is 2.47. The van der Waals surface area contributed by atoms with Crippen LogP contribution in [0.5, 0.6) is 0 Å². The molecule has 0 aromatic rings. The van der Waals surface area contributed by atoms with Gasteiger partial charge in [-0.05, 0) is 0 Å². The van der Waals surface area contributed by atoms with Gasteiger partial charge in [-0.25, -0.2) is 0 Å². The highest BCUT2D eigenvalue weighted by molar-refractivity contribution is 7.53. The Morgan fingerprint density at radius 3 is 1.92 bits per heavy atom. The summed E-state index contributed by atoms with van der Waals surface area (Å²) in [6.07, 6.45) is 3.45. The fraction of sp³-hybridized carbons (Fsp3) is 0.500. The summed E-state index contributed by atoms with van der Waals surface area (Å²) in [6, 6.07) is 0. The molecule has 0 amide bonds. The molecule has 0 aliphatic heterocycles. The highest BCUT2D eigenvalue weighted by atomic mass is 31.2. The van der Waals surface area contributed by atoms with Gasteiger partial charge >= 0.3 is 7.60 Å². The van der Waals surface area contributed by atoms with Crippen LogP contribution in [0.25, 0.3) is 0 Å². The summed E-state index contributed by atoms with van der Waals surface area (Å²) in [5, 5.41) is 0. The third-order valence-electron chi connectivity index (χ3n) is 1.17. The molecular weight excluding hydrogens is 175 g/mol. The average molecular weight is 190 g/mol. The Hall–Kier alpha value is -0.370. The first-order chi connectivity index (χ1) is 5.68. The van der Waals surface area contributed by atoms with E-state index in [1.54, 1.807) is 19.1 Å². The Bertz CT molecular complexity index is 173. The van der Waals surface area contributed by atoms with Crippen molar-refractivity contribution in [2.45, 2.75) is 6.92 Å². The van der Waals surface area contributed by atoms with Gasteiger partial charge in [0.2, 0.25) is 0 Å². The minimum Gasteiger partial charge on any atom is -0.304 e. The predicted molar refractivity (Wildman–Crippen MR) is 50.4 cm³/mol. The SMILES string of the molecule is C=CCOP(=O)(CC)OCC=C. The third-order valence-corrected chi connectivity index (χ3v) is 3.02. The first kappa shape index (κ1) is 11.6. The summed E-state index contributed by atoms with van der Waals surface area (Å²) >= 11 is 0. The van der Waals surface area contributed by atoms with Crippen LogP contribution in [0.2, 0.25) is 0 Å². The van der Waals surface area contributed by atoms with E-state index in [-0.39, 0.29) is 13.2 Å².